The van der Waals surface area contributed by atoms with Crippen molar-refractivity contribution >= 4 is 17.5 Å². The van der Waals surface area contributed by atoms with Crippen molar-refractivity contribution < 1.29 is 9.84 Å². The molecule has 0 saturated heterocycles. The van der Waals surface area contributed by atoms with Gasteiger partial charge in [-0.25, -0.2) is 4.98 Å². The summed E-state index contributed by atoms with van der Waals surface area (Å²) >= 11 is 5.93. The largest absolute Gasteiger partial charge is 0.395 e. The summed E-state index contributed by atoms with van der Waals surface area (Å²) in [7, 11) is 1.61. The second-order valence-corrected chi connectivity index (χ2v) is 4.22. The van der Waals surface area contributed by atoms with Crippen LogP contribution in [0.3, 0.4) is 0 Å². The Hall–Kier alpha value is -1.77. The zero-order chi connectivity index (χ0) is 14.4. The first-order valence-electron chi connectivity index (χ1n) is 5.99. The van der Waals surface area contributed by atoms with E-state index in [0.29, 0.717) is 31.6 Å². The topological polar surface area (TPSA) is 89.2 Å². The SMILES string of the molecule is COCCN(CCO)c1nc(Cl)nc(-n2ccnc2)n1. The summed E-state index contributed by atoms with van der Waals surface area (Å²) in [5, 5.41) is 9.20. The third-order valence-corrected chi connectivity index (χ3v) is 2.71. The fourth-order valence-electron chi connectivity index (χ4n) is 1.60. The van der Waals surface area contributed by atoms with Crippen LogP contribution in [-0.4, -0.2) is 63.0 Å². The maximum absolute atomic E-state index is 9.12. The van der Waals surface area contributed by atoms with E-state index in [-0.39, 0.29) is 11.9 Å². The number of imidazole rings is 1. The Labute approximate surface area is 121 Å². The molecule has 0 fully saturated rings. The smallest absolute Gasteiger partial charge is 0.241 e. The number of nitrogens with zero attached hydrogens (tertiary/aromatic N) is 6. The van der Waals surface area contributed by atoms with E-state index in [0.717, 1.165) is 0 Å². The van der Waals surface area contributed by atoms with E-state index in [9.17, 15) is 0 Å². The normalized spacial score (nSPS) is 10.8. The molecule has 108 valence electrons. The van der Waals surface area contributed by atoms with Crippen molar-refractivity contribution in [3.63, 3.8) is 0 Å². The number of aliphatic hydroxyl groups excluding tert-OH is 1. The first-order chi connectivity index (χ1) is 9.74. The molecule has 0 bridgehead atoms. The molecule has 2 rings (SSSR count). The highest BCUT2D eigenvalue weighted by Crippen LogP contribution is 2.13. The van der Waals surface area contributed by atoms with Gasteiger partial charge in [0.2, 0.25) is 17.2 Å². The number of methoxy groups -OCH3 is 1. The van der Waals surface area contributed by atoms with Crippen LogP contribution in [0, 0.1) is 0 Å². The number of aromatic nitrogens is 5. The van der Waals surface area contributed by atoms with Gasteiger partial charge in [-0.1, -0.05) is 0 Å². The lowest BCUT2D eigenvalue weighted by atomic mass is 10.5. The third kappa shape index (κ3) is 3.62. The van der Waals surface area contributed by atoms with E-state index in [4.69, 9.17) is 21.4 Å². The monoisotopic (exact) mass is 298 g/mol. The lowest BCUT2D eigenvalue weighted by Gasteiger charge is -2.21. The number of hydrogen-bond donors (Lipinski definition) is 1. The van der Waals surface area contributed by atoms with E-state index in [1.54, 1.807) is 35.3 Å². The van der Waals surface area contributed by atoms with Gasteiger partial charge in [-0.3, -0.25) is 4.57 Å². The van der Waals surface area contributed by atoms with Gasteiger partial charge >= 0.3 is 0 Å². The van der Waals surface area contributed by atoms with Gasteiger partial charge in [-0.15, -0.1) is 0 Å². The molecular weight excluding hydrogens is 284 g/mol. The maximum Gasteiger partial charge on any atom is 0.241 e. The second-order valence-electron chi connectivity index (χ2n) is 3.88. The van der Waals surface area contributed by atoms with Gasteiger partial charge in [0.05, 0.1) is 13.2 Å². The summed E-state index contributed by atoms with van der Waals surface area (Å²) in [6.07, 6.45) is 4.90. The summed E-state index contributed by atoms with van der Waals surface area (Å²) in [6.45, 7) is 1.39. The Morgan fingerprint density at radius 3 is 2.85 bits per heavy atom. The third-order valence-electron chi connectivity index (χ3n) is 2.54. The summed E-state index contributed by atoms with van der Waals surface area (Å²) < 4.78 is 6.66. The number of anilines is 1. The molecule has 0 aliphatic rings. The van der Waals surface area contributed by atoms with Crippen LogP contribution in [0.15, 0.2) is 18.7 Å². The highest BCUT2D eigenvalue weighted by atomic mass is 35.5. The first-order valence-corrected chi connectivity index (χ1v) is 6.37. The summed E-state index contributed by atoms with van der Waals surface area (Å²) in [5.41, 5.74) is 0. The molecule has 0 saturated carbocycles. The minimum Gasteiger partial charge on any atom is -0.395 e. The summed E-state index contributed by atoms with van der Waals surface area (Å²) in [6, 6.07) is 0. The van der Waals surface area contributed by atoms with Crippen molar-refractivity contribution in [1.82, 2.24) is 24.5 Å². The molecule has 0 aliphatic heterocycles. The van der Waals surface area contributed by atoms with Crippen molar-refractivity contribution in [2.45, 2.75) is 0 Å². The van der Waals surface area contributed by atoms with Gasteiger partial charge in [0.1, 0.15) is 6.33 Å². The van der Waals surface area contributed by atoms with Gasteiger partial charge in [0.25, 0.3) is 0 Å². The number of rotatable bonds is 7. The Balaban J connectivity index is 2.29. The van der Waals surface area contributed by atoms with Gasteiger partial charge in [-0.2, -0.15) is 15.0 Å². The van der Waals surface area contributed by atoms with Crippen LogP contribution in [0.1, 0.15) is 0 Å². The summed E-state index contributed by atoms with van der Waals surface area (Å²) in [4.78, 5) is 18.2. The highest BCUT2D eigenvalue weighted by molar-refractivity contribution is 6.28. The Kier molecular flexibility index (Phi) is 5.22. The molecule has 9 heteroatoms. The number of halogens is 1. The van der Waals surface area contributed by atoms with Crippen molar-refractivity contribution in [1.29, 1.82) is 0 Å². The van der Waals surface area contributed by atoms with Gasteiger partial charge in [-0.05, 0) is 11.6 Å². The first kappa shape index (κ1) is 14.6. The Morgan fingerprint density at radius 2 is 2.20 bits per heavy atom. The fourth-order valence-corrected chi connectivity index (χ4v) is 1.75. The van der Waals surface area contributed by atoms with Crippen LogP contribution in [-0.2, 0) is 4.74 Å². The average molecular weight is 299 g/mol. The molecule has 20 heavy (non-hydrogen) atoms. The molecule has 0 aliphatic carbocycles. The number of ether oxygens (including phenoxy) is 1. The molecule has 0 aromatic carbocycles. The Morgan fingerprint density at radius 1 is 1.35 bits per heavy atom. The van der Waals surface area contributed by atoms with Crippen molar-refractivity contribution in [2.75, 3.05) is 38.3 Å². The molecule has 0 unspecified atom stereocenters. The Bertz CT molecular complexity index is 536. The zero-order valence-corrected chi connectivity index (χ0v) is 11.7. The van der Waals surface area contributed by atoms with Crippen LogP contribution in [0.5, 0.6) is 0 Å². The molecule has 0 atom stereocenters. The minimum absolute atomic E-state index is 0.0204. The van der Waals surface area contributed by atoms with Crippen LogP contribution in [0.4, 0.5) is 5.95 Å². The van der Waals surface area contributed by atoms with Crippen molar-refractivity contribution in [3.05, 3.63) is 24.0 Å². The molecule has 2 aromatic heterocycles. The van der Waals surface area contributed by atoms with E-state index < -0.39 is 0 Å². The number of aliphatic hydroxyl groups is 1. The second kappa shape index (κ2) is 7.13. The molecule has 2 heterocycles. The molecular formula is C11H15ClN6O2. The molecule has 0 amide bonds. The standard InChI is InChI=1S/C11H15ClN6O2/c1-20-7-5-17(4-6-19)10-14-9(12)15-11(16-10)18-3-2-13-8-18/h2-3,8,19H,4-7H2,1H3. The predicted octanol–water partition coefficient (Wildman–Crippen LogP) is 0.156. The summed E-state index contributed by atoms with van der Waals surface area (Å²) in [5.74, 6) is 0.762. The van der Waals surface area contributed by atoms with E-state index >= 15 is 0 Å². The van der Waals surface area contributed by atoms with Crippen LogP contribution in [0.2, 0.25) is 5.28 Å². The quantitative estimate of drug-likeness (QED) is 0.778. The van der Waals surface area contributed by atoms with Crippen LogP contribution in [0.25, 0.3) is 5.95 Å². The van der Waals surface area contributed by atoms with Gasteiger partial charge in [0.15, 0.2) is 0 Å². The van der Waals surface area contributed by atoms with Gasteiger partial charge in [0, 0.05) is 32.6 Å². The van der Waals surface area contributed by atoms with E-state index in [1.165, 1.54) is 0 Å². The van der Waals surface area contributed by atoms with Gasteiger partial charge < -0.3 is 14.7 Å². The van der Waals surface area contributed by atoms with Crippen LogP contribution >= 0.6 is 11.6 Å². The van der Waals surface area contributed by atoms with Crippen LogP contribution < -0.4 is 4.90 Å². The number of hydrogen-bond acceptors (Lipinski definition) is 7. The average Bonchev–Trinajstić information content (AvgIpc) is 2.97. The van der Waals surface area contributed by atoms with E-state index in [2.05, 4.69) is 19.9 Å². The minimum atomic E-state index is -0.0204. The zero-order valence-electron chi connectivity index (χ0n) is 11.0. The predicted molar refractivity (Wildman–Crippen MR) is 73.1 cm³/mol. The molecule has 1 N–H and O–H groups in total. The molecule has 0 spiro atoms. The maximum atomic E-state index is 9.12. The fraction of sp³-hybridized carbons (Fsp3) is 0.455. The lowest BCUT2D eigenvalue weighted by Crippen LogP contribution is -2.32. The molecule has 2 aromatic rings. The van der Waals surface area contributed by atoms with E-state index in [1.807, 2.05) is 0 Å². The lowest BCUT2D eigenvalue weighted by molar-refractivity contribution is 0.202. The van der Waals surface area contributed by atoms with Crippen molar-refractivity contribution in [3.8, 4) is 5.95 Å². The molecule has 0 radical (unpaired) electrons. The highest BCUT2D eigenvalue weighted by Gasteiger charge is 2.13. The van der Waals surface area contributed by atoms with Crippen molar-refractivity contribution in [2.24, 2.45) is 0 Å². The molecule has 8 nitrogen and oxygen atoms in total.